The van der Waals surface area contributed by atoms with Crippen LogP contribution in [0.2, 0.25) is 0 Å². The summed E-state index contributed by atoms with van der Waals surface area (Å²) < 4.78 is 5.56. The molecule has 26 heavy (non-hydrogen) atoms. The van der Waals surface area contributed by atoms with E-state index in [4.69, 9.17) is 4.74 Å². The number of carbonyl (C=O) groups is 1. The van der Waals surface area contributed by atoms with Gasteiger partial charge in [-0.3, -0.25) is 4.79 Å². The van der Waals surface area contributed by atoms with E-state index >= 15 is 0 Å². The Balaban J connectivity index is 1.77. The highest BCUT2D eigenvalue weighted by Crippen LogP contribution is 2.16. The first-order valence-corrected chi connectivity index (χ1v) is 9.40. The lowest BCUT2D eigenvalue weighted by Gasteiger charge is -2.15. The van der Waals surface area contributed by atoms with Gasteiger partial charge in [-0.2, -0.15) is 0 Å². The summed E-state index contributed by atoms with van der Waals surface area (Å²) >= 11 is 0. The standard InChI is InChI=1S/C22H30N2O2/c1-5-24(6-2)15-20-10-8-19(9-11-20)14-23-22(25)16-26-21-12-7-17(3)18(4)13-21/h7-13H,5-6,14-16H2,1-4H3,(H,23,25)/p+1. The minimum Gasteiger partial charge on any atom is -0.484 e. The monoisotopic (exact) mass is 355 g/mol. The van der Waals surface area contributed by atoms with Crippen LogP contribution in [0, 0.1) is 13.8 Å². The molecule has 0 aliphatic carbocycles. The van der Waals surface area contributed by atoms with Gasteiger partial charge >= 0.3 is 0 Å². The Hall–Kier alpha value is -2.33. The molecule has 0 aliphatic rings. The molecule has 0 saturated carbocycles. The molecule has 140 valence electrons. The fourth-order valence-corrected chi connectivity index (χ4v) is 2.77. The summed E-state index contributed by atoms with van der Waals surface area (Å²) in [6.07, 6.45) is 0. The van der Waals surface area contributed by atoms with E-state index in [0.29, 0.717) is 6.54 Å². The Morgan fingerprint density at radius 3 is 2.23 bits per heavy atom. The van der Waals surface area contributed by atoms with Crippen molar-refractivity contribution < 1.29 is 14.4 Å². The van der Waals surface area contributed by atoms with Crippen molar-refractivity contribution in [1.29, 1.82) is 0 Å². The number of amides is 1. The third-order valence-electron chi connectivity index (χ3n) is 4.82. The molecule has 0 heterocycles. The number of hydrogen-bond acceptors (Lipinski definition) is 2. The van der Waals surface area contributed by atoms with Gasteiger partial charge in [0.15, 0.2) is 6.61 Å². The fourth-order valence-electron chi connectivity index (χ4n) is 2.77. The molecule has 2 aromatic carbocycles. The van der Waals surface area contributed by atoms with Gasteiger partial charge in [-0.05, 0) is 56.5 Å². The van der Waals surface area contributed by atoms with Crippen LogP contribution in [0.5, 0.6) is 5.75 Å². The predicted molar refractivity (Wildman–Crippen MR) is 105 cm³/mol. The molecule has 2 aromatic rings. The van der Waals surface area contributed by atoms with Crippen molar-refractivity contribution in [2.24, 2.45) is 0 Å². The first-order valence-electron chi connectivity index (χ1n) is 9.40. The largest absolute Gasteiger partial charge is 0.484 e. The van der Waals surface area contributed by atoms with E-state index in [-0.39, 0.29) is 12.5 Å². The maximum Gasteiger partial charge on any atom is 0.258 e. The summed E-state index contributed by atoms with van der Waals surface area (Å²) in [5.74, 6) is 0.617. The molecular formula is C22H31N2O2+. The van der Waals surface area contributed by atoms with E-state index in [1.54, 1.807) is 4.90 Å². The van der Waals surface area contributed by atoms with Crippen LogP contribution in [0.15, 0.2) is 42.5 Å². The van der Waals surface area contributed by atoms with E-state index in [2.05, 4.69) is 50.4 Å². The summed E-state index contributed by atoms with van der Waals surface area (Å²) in [5, 5.41) is 2.91. The molecule has 1 amide bonds. The highest BCUT2D eigenvalue weighted by atomic mass is 16.5. The quantitative estimate of drug-likeness (QED) is 0.725. The first-order chi connectivity index (χ1) is 12.5. The Labute approximate surface area is 157 Å². The fraction of sp³-hybridized carbons (Fsp3) is 0.409. The van der Waals surface area contributed by atoms with Gasteiger partial charge in [0.1, 0.15) is 12.3 Å². The van der Waals surface area contributed by atoms with Gasteiger partial charge in [0.2, 0.25) is 0 Å². The smallest absolute Gasteiger partial charge is 0.258 e. The second-order valence-corrected chi connectivity index (χ2v) is 6.76. The second kappa shape index (κ2) is 9.97. The summed E-state index contributed by atoms with van der Waals surface area (Å²) in [7, 11) is 0. The molecule has 4 heteroatoms. The molecule has 2 rings (SSSR count). The van der Waals surface area contributed by atoms with Crippen molar-refractivity contribution in [3.8, 4) is 5.75 Å². The van der Waals surface area contributed by atoms with Crippen LogP contribution in [-0.2, 0) is 17.9 Å². The molecule has 0 saturated heterocycles. The van der Waals surface area contributed by atoms with Crippen LogP contribution < -0.4 is 15.0 Å². The van der Waals surface area contributed by atoms with E-state index in [1.165, 1.54) is 11.1 Å². The molecule has 0 aromatic heterocycles. The number of ether oxygens (including phenoxy) is 1. The lowest BCUT2D eigenvalue weighted by atomic mass is 10.1. The Bertz CT molecular complexity index is 707. The van der Waals surface area contributed by atoms with Crippen LogP contribution in [0.25, 0.3) is 0 Å². The molecule has 0 spiro atoms. The predicted octanol–water partition coefficient (Wildman–Crippen LogP) is 2.42. The Kier molecular flexibility index (Phi) is 7.67. The van der Waals surface area contributed by atoms with E-state index in [1.807, 2.05) is 25.1 Å². The summed E-state index contributed by atoms with van der Waals surface area (Å²) in [5.41, 5.74) is 4.81. The van der Waals surface area contributed by atoms with E-state index in [9.17, 15) is 4.79 Å². The SMILES string of the molecule is CC[NH+](CC)Cc1ccc(CNC(=O)COc2ccc(C)c(C)c2)cc1. The summed E-state index contributed by atoms with van der Waals surface area (Å²) in [6, 6.07) is 14.3. The highest BCUT2D eigenvalue weighted by Gasteiger charge is 2.06. The maximum absolute atomic E-state index is 12.0. The molecule has 4 nitrogen and oxygen atoms in total. The number of benzene rings is 2. The molecule has 0 radical (unpaired) electrons. The van der Waals surface area contributed by atoms with Crippen LogP contribution in [0.1, 0.15) is 36.1 Å². The zero-order chi connectivity index (χ0) is 18.9. The van der Waals surface area contributed by atoms with Crippen LogP contribution >= 0.6 is 0 Å². The first kappa shape index (κ1) is 20.0. The topological polar surface area (TPSA) is 42.8 Å². The number of aryl methyl sites for hydroxylation is 2. The van der Waals surface area contributed by atoms with Gasteiger partial charge in [-0.15, -0.1) is 0 Å². The van der Waals surface area contributed by atoms with Crippen molar-refractivity contribution in [3.05, 3.63) is 64.7 Å². The van der Waals surface area contributed by atoms with Crippen LogP contribution in [0.4, 0.5) is 0 Å². The normalized spacial score (nSPS) is 10.8. The van der Waals surface area contributed by atoms with Gasteiger partial charge in [0, 0.05) is 12.1 Å². The van der Waals surface area contributed by atoms with Crippen molar-refractivity contribution in [3.63, 3.8) is 0 Å². The minimum absolute atomic E-state index is 0.0336. The summed E-state index contributed by atoms with van der Waals surface area (Å²) in [6.45, 7) is 12.4. The van der Waals surface area contributed by atoms with Gasteiger partial charge in [-0.25, -0.2) is 0 Å². The lowest BCUT2D eigenvalue weighted by molar-refractivity contribution is -0.910. The van der Waals surface area contributed by atoms with E-state index in [0.717, 1.165) is 36.5 Å². The van der Waals surface area contributed by atoms with Gasteiger partial charge in [-0.1, -0.05) is 30.3 Å². The van der Waals surface area contributed by atoms with Gasteiger partial charge < -0.3 is 15.0 Å². The van der Waals surface area contributed by atoms with Crippen LogP contribution in [0.3, 0.4) is 0 Å². The molecule has 0 unspecified atom stereocenters. The number of carbonyl (C=O) groups excluding carboxylic acids is 1. The van der Waals surface area contributed by atoms with Crippen molar-refractivity contribution in [2.45, 2.75) is 40.8 Å². The zero-order valence-corrected chi connectivity index (χ0v) is 16.4. The molecule has 0 bridgehead atoms. The number of hydrogen-bond donors (Lipinski definition) is 2. The summed E-state index contributed by atoms with van der Waals surface area (Å²) in [4.78, 5) is 13.6. The Morgan fingerprint density at radius 2 is 1.62 bits per heavy atom. The lowest BCUT2D eigenvalue weighted by Crippen LogP contribution is -3.10. The number of quaternary nitrogens is 1. The van der Waals surface area contributed by atoms with Gasteiger partial charge in [0.25, 0.3) is 5.91 Å². The number of nitrogens with one attached hydrogen (secondary N) is 2. The molecule has 0 atom stereocenters. The highest BCUT2D eigenvalue weighted by molar-refractivity contribution is 5.77. The molecular weight excluding hydrogens is 324 g/mol. The molecule has 0 aliphatic heterocycles. The third-order valence-corrected chi connectivity index (χ3v) is 4.82. The van der Waals surface area contributed by atoms with E-state index < -0.39 is 0 Å². The zero-order valence-electron chi connectivity index (χ0n) is 16.4. The van der Waals surface area contributed by atoms with Gasteiger partial charge in [0.05, 0.1) is 13.1 Å². The number of rotatable bonds is 9. The second-order valence-electron chi connectivity index (χ2n) is 6.76. The average molecular weight is 356 g/mol. The Morgan fingerprint density at radius 1 is 0.962 bits per heavy atom. The molecule has 2 N–H and O–H groups in total. The maximum atomic E-state index is 12.0. The third kappa shape index (κ3) is 6.19. The van der Waals surface area contributed by atoms with Crippen LogP contribution in [-0.4, -0.2) is 25.6 Å². The van der Waals surface area contributed by atoms with Crippen molar-refractivity contribution in [2.75, 3.05) is 19.7 Å². The average Bonchev–Trinajstić information content (AvgIpc) is 2.66. The van der Waals surface area contributed by atoms with Crippen molar-refractivity contribution >= 4 is 5.91 Å². The molecule has 0 fully saturated rings. The van der Waals surface area contributed by atoms with Crippen molar-refractivity contribution in [1.82, 2.24) is 5.32 Å². The minimum atomic E-state index is -0.111.